The Labute approximate surface area is 293 Å². The standard InChI is InChI=1S/C40H42Cl2N2O4/c1-46-35-24-31(25-36(47-2)38(35)48-3)39(45)44-23-19-40(27-44,32-14-15-33(41)34(42)26-32)18-22-43-20-16-30(17-21-43)37(28-10-6-4-7-11-28)29-12-8-5-9-13-29/h4-15,24-26H,16-23,27H2,1-3H3/t40-/m1/s1. The van der Waals surface area contributed by atoms with Gasteiger partial charge < -0.3 is 24.0 Å². The van der Waals surface area contributed by atoms with Crippen LogP contribution in [0.15, 0.2) is 96.6 Å². The fourth-order valence-electron chi connectivity index (χ4n) is 7.30. The molecule has 6 nitrogen and oxygen atoms in total. The second-order valence-electron chi connectivity index (χ2n) is 12.6. The van der Waals surface area contributed by atoms with E-state index in [1.54, 1.807) is 33.5 Å². The van der Waals surface area contributed by atoms with Gasteiger partial charge in [-0.3, -0.25) is 4.79 Å². The molecule has 4 aromatic carbocycles. The molecule has 250 valence electrons. The highest BCUT2D eigenvalue weighted by Crippen LogP contribution is 2.43. The number of likely N-dealkylation sites (tertiary alicyclic amines) is 2. The molecule has 0 unspecified atom stereocenters. The minimum atomic E-state index is -0.264. The third kappa shape index (κ3) is 7.07. The summed E-state index contributed by atoms with van der Waals surface area (Å²) in [6, 6.07) is 30.9. The molecule has 4 aromatic rings. The van der Waals surface area contributed by atoms with E-state index in [0.29, 0.717) is 45.9 Å². The fourth-order valence-corrected chi connectivity index (χ4v) is 7.59. The molecule has 0 radical (unpaired) electrons. The first-order chi connectivity index (χ1) is 23.4. The maximum absolute atomic E-state index is 14.0. The maximum Gasteiger partial charge on any atom is 0.254 e. The van der Waals surface area contributed by atoms with E-state index in [1.165, 1.54) is 22.3 Å². The number of hydrogen-bond donors (Lipinski definition) is 0. The monoisotopic (exact) mass is 684 g/mol. The highest BCUT2D eigenvalue weighted by Gasteiger charge is 2.42. The molecule has 0 aromatic heterocycles. The van der Waals surface area contributed by atoms with Gasteiger partial charge in [-0.25, -0.2) is 0 Å². The Morgan fingerprint density at radius 1 is 0.729 bits per heavy atom. The zero-order chi connectivity index (χ0) is 33.7. The molecule has 6 rings (SSSR count). The molecule has 2 heterocycles. The first-order valence-electron chi connectivity index (χ1n) is 16.5. The second-order valence-corrected chi connectivity index (χ2v) is 13.4. The number of nitrogens with zero attached hydrogens (tertiary/aromatic N) is 2. The lowest BCUT2D eigenvalue weighted by atomic mass is 9.76. The molecule has 0 bridgehead atoms. The summed E-state index contributed by atoms with van der Waals surface area (Å²) in [5.74, 6) is 1.30. The molecule has 2 fully saturated rings. The summed E-state index contributed by atoms with van der Waals surface area (Å²) in [5, 5.41) is 1.06. The SMILES string of the molecule is COc1cc(C(=O)N2CC[C@@](CCN3CCC(=C(c4ccccc4)c4ccccc4)CC3)(c3ccc(Cl)c(Cl)c3)C2)cc(OC)c1OC. The Morgan fingerprint density at radius 3 is 1.88 bits per heavy atom. The summed E-state index contributed by atoms with van der Waals surface area (Å²) in [6.07, 6.45) is 3.76. The van der Waals surface area contributed by atoms with Crippen LogP contribution in [0.25, 0.3) is 5.57 Å². The number of carbonyl (C=O) groups excluding carboxylic acids is 1. The molecule has 48 heavy (non-hydrogen) atoms. The fraction of sp³-hybridized carbons (Fsp3) is 0.325. The van der Waals surface area contributed by atoms with Crippen molar-refractivity contribution in [3.63, 3.8) is 0 Å². The summed E-state index contributed by atoms with van der Waals surface area (Å²) in [7, 11) is 4.67. The molecule has 1 amide bonds. The van der Waals surface area contributed by atoms with Crippen LogP contribution in [0.4, 0.5) is 0 Å². The van der Waals surface area contributed by atoms with Gasteiger partial charge in [0.2, 0.25) is 5.75 Å². The number of rotatable bonds is 10. The van der Waals surface area contributed by atoms with Gasteiger partial charge in [0, 0.05) is 37.2 Å². The Morgan fingerprint density at radius 2 is 1.33 bits per heavy atom. The Hall–Kier alpha value is -3.97. The molecular formula is C40H42Cl2N2O4. The average Bonchev–Trinajstić information content (AvgIpc) is 3.58. The number of hydrogen-bond acceptors (Lipinski definition) is 5. The highest BCUT2D eigenvalue weighted by atomic mass is 35.5. The van der Waals surface area contributed by atoms with Crippen LogP contribution in [0.2, 0.25) is 10.0 Å². The average molecular weight is 686 g/mol. The van der Waals surface area contributed by atoms with Crippen LogP contribution in [0.1, 0.15) is 52.7 Å². The van der Waals surface area contributed by atoms with Crippen LogP contribution in [0.5, 0.6) is 17.2 Å². The van der Waals surface area contributed by atoms with Crippen molar-refractivity contribution in [2.75, 3.05) is 54.1 Å². The summed E-state index contributed by atoms with van der Waals surface area (Å²) >= 11 is 12.9. The van der Waals surface area contributed by atoms with Gasteiger partial charge in [-0.05, 0) is 78.8 Å². The summed E-state index contributed by atoms with van der Waals surface area (Å²) in [6.45, 7) is 4.10. The van der Waals surface area contributed by atoms with Crippen molar-refractivity contribution in [1.29, 1.82) is 0 Å². The Balaban J connectivity index is 1.22. The summed E-state index contributed by atoms with van der Waals surface area (Å²) in [5.41, 5.74) is 6.76. The number of carbonyl (C=O) groups is 1. The number of amides is 1. The normalized spacial score (nSPS) is 18.1. The Kier molecular flexibility index (Phi) is 10.6. The van der Waals surface area contributed by atoms with Crippen molar-refractivity contribution in [3.05, 3.63) is 129 Å². The van der Waals surface area contributed by atoms with E-state index in [9.17, 15) is 4.79 Å². The molecule has 0 saturated carbocycles. The molecule has 2 saturated heterocycles. The van der Waals surface area contributed by atoms with Gasteiger partial charge in [-0.15, -0.1) is 0 Å². The van der Waals surface area contributed by atoms with E-state index < -0.39 is 0 Å². The molecular weight excluding hydrogens is 643 g/mol. The van der Waals surface area contributed by atoms with Crippen molar-refractivity contribution in [2.24, 2.45) is 0 Å². The molecule has 0 aliphatic carbocycles. The number of methoxy groups -OCH3 is 3. The first kappa shape index (κ1) is 33.9. The lowest BCUT2D eigenvalue weighted by Gasteiger charge is -2.35. The molecule has 0 N–H and O–H groups in total. The first-order valence-corrected chi connectivity index (χ1v) is 17.2. The molecule has 1 atom stereocenters. The van der Waals surface area contributed by atoms with Gasteiger partial charge in [-0.1, -0.05) is 95.5 Å². The van der Waals surface area contributed by atoms with E-state index in [0.717, 1.165) is 50.9 Å². The summed E-state index contributed by atoms with van der Waals surface area (Å²) in [4.78, 5) is 18.5. The van der Waals surface area contributed by atoms with Gasteiger partial charge in [-0.2, -0.15) is 0 Å². The lowest BCUT2D eigenvalue weighted by Crippen LogP contribution is -2.39. The molecule has 0 spiro atoms. The van der Waals surface area contributed by atoms with Crippen molar-refractivity contribution >= 4 is 34.7 Å². The van der Waals surface area contributed by atoms with Crippen molar-refractivity contribution < 1.29 is 19.0 Å². The molecule has 8 heteroatoms. The third-order valence-corrected chi connectivity index (χ3v) is 10.7. The predicted octanol–water partition coefficient (Wildman–Crippen LogP) is 8.79. The number of piperidine rings is 1. The summed E-state index contributed by atoms with van der Waals surface area (Å²) < 4.78 is 16.5. The number of benzene rings is 4. The van der Waals surface area contributed by atoms with Crippen molar-refractivity contribution in [1.82, 2.24) is 9.80 Å². The topological polar surface area (TPSA) is 51.2 Å². The largest absolute Gasteiger partial charge is 0.493 e. The third-order valence-electron chi connectivity index (χ3n) is 9.93. The maximum atomic E-state index is 14.0. The minimum Gasteiger partial charge on any atom is -0.493 e. The van der Waals surface area contributed by atoms with Crippen LogP contribution in [-0.4, -0.2) is 69.8 Å². The zero-order valence-corrected chi connectivity index (χ0v) is 29.3. The number of halogens is 2. The van der Waals surface area contributed by atoms with Gasteiger partial charge in [0.05, 0.1) is 31.4 Å². The molecule has 2 aliphatic heterocycles. The minimum absolute atomic E-state index is 0.0710. The van der Waals surface area contributed by atoms with Crippen LogP contribution in [-0.2, 0) is 5.41 Å². The molecule has 2 aliphatic rings. The van der Waals surface area contributed by atoms with E-state index >= 15 is 0 Å². The van der Waals surface area contributed by atoms with Crippen LogP contribution < -0.4 is 14.2 Å². The van der Waals surface area contributed by atoms with Crippen LogP contribution in [0, 0.1) is 0 Å². The van der Waals surface area contributed by atoms with E-state index in [1.807, 2.05) is 17.0 Å². The Bertz CT molecular complexity index is 1700. The highest BCUT2D eigenvalue weighted by molar-refractivity contribution is 6.42. The van der Waals surface area contributed by atoms with Gasteiger partial charge in [0.1, 0.15) is 0 Å². The number of ether oxygens (including phenoxy) is 3. The van der Waals surface area contributed by atoms with E-state index in [-0.39, 0.29) is 11.3 Å². The van der Waals surface area contributed by atoms with E-state index in [4.69, 9.17) is 37.4 Å². The van der Waals surface area contributed by atoms with Crippen LogP contribution in [0.3, 0.4) is 0 Å². The van der Waals surface area contributed by atoms with Gasteiger partial charge >= 0.3 is 0 Å². The van der Waals surface area contributed by atoms with Crippen molar-refractivity contribution in [2.45, 2.75) is 31.1 Å². The van der Waals surface area contributed by atoms with Gasteiger partial charge in [0.25, 0.3) is 5.91 Å². The van der Waals surface area contributed by atoms with Crippen LogP contribution >= 0.6 is 23.2 Å². The van der Waals surface area contributed by atoms with Gasteiger partial charge in [0.15, 0.2) is 11.5 Å². The van der Waals surface area contributed by atoms with Crippen molar-refractivity contribution in [3.8, 4) is 17.2 Å². The quantitative estimate of drug-likeness (QED) is 0.167. The van der Waals surface area contributed by atoms with E-state index in [2.05, 4.69) is 71.6 Å². The second kappa shape index (κ2) is 15.1. The smallest absolute Gasteiger partial charge is 0.254 e. The lowest BCUT2D eigenvalue weighted by molar-refractivity contribution is 0.0779. The zero-order valence-electron chi connectivity index (χ0n) is 27.8. The predicted molar refractivity (Wildman–Crippen MR) is 194 cm³/mol.